The molecule has 0 spiro atoms. The van der Waals surface area contributed by atoms with Crippen LogP contribution in [0.1, 0.15) is 43.4 Å². The van der Waals surface area contributed by atoms with Crippen molar-refractivity contribution in [3.05, 3.63) is 59.4 Å². The summed E-state index contributed by atoms with van der Waals surface area (Å²) in [4.78, 5) is 14.5. The first-order chi connectivity index (χ1) is 13.8. The molecule has 1 amide bonds. The highest BCUT2D eigenvalue weighted by molar-refractivity contribution is 6.01. The Morgan fingerprint density at radius 2 is 1.86 bits per heavy atom. The predicted molar refractivity (Wildman–Crippen MR) is 111 cm³/mol. The van der Waals surface area contributed by atoms with E-state index in [9.17, 15) is 10.1 Å². The van der Waals surface area contributed by atoms with Gasteiger partial charge in [0.25, 0.3) is 5.91 Å². The molecular weight excluding hydrogens is 350 g/mol. The molecule has 1 aliphatic heterocycles. The molecule has 0 radical (unpaired) electrons. The first-order valence-corrected chi connectivity index (χ1v) is 10.0. The third-order valence-corrected chi connectivity index (χ3v) is 4.95. The van der Waals surface area contributed by atoms with E-state index < -0.39 is 0 Å². The fraction of sp³-hybridized carbons (Fsp3) is 0.391. The minimum Gasteiger partial charge on any atom is -0.441 e. The van der Waals surface area contributed by atoms with Gasteiger partial charge < -0.3 is 14.6 Å². The molecule has 0 unspecified atom stereocenters. The Bertz CT molecular complexity index is 825. The zero-order valence-corrected chi connectivity index (χ0v) is 16.2. The Kier molecular flexibility index (Phi) is 7.31. The van der Waals surface area contributed by atoms with Crippen LogP contribution in [-0.4, -0.2) is 25.5 Å². The van der Waals surface area contributed by atoms with Crippen LogP contribution in [0.3, 0.4) is 0 Å². The molecular formula is C23H27N3O2. The Labute approximate surface area is 166 Å². The van der Waals surface area contributed by atoms with Crippen LogP contribution in [0.15, 0.2) is 52.5 Å². The summed E-state index contributed by atoms with van der Waals surface area (Å²) >= 11 is 0. The van der Waals surface area contributed by atoms with Gasteiger partial charge in [0.2, 0.25) is 0 Å². The highest BCUT2D eigenvalue weighted by Gasteiger charge is 2.14. The van der Waals surface area contributed by atoms with E-state index in [0.29, 0.717) is 12.3 Å². The predicted octanol–water partition coefficient (Wildman–Crippen LogP) is 4.32. The fourth-order valence-electron chi connectivity index (χ4n) is 3.41. The molecule has 0 aliphatic carbocycles. The highest BCUT2D eigenvalue weighted by atomic mass is 16.4. The number of hydrogen-bond acceptors (Lipinski definition) is 4. The molecule has 5 nitrogen and oxygen atoms in total. The molecule has 146 valence electrons. The molecule has 0 atom stereocenters. The van der Waals surface area contributed by atoms with E-state index in [1.165, 1.54) is 37.3 Å². The molecule has 1 aromatic carbocycles. The van der Waals surface area contributed by atoms with E-state index in [-0.39, 0.29) is 11.5 Å². The van der Waals surface area contributed by atoms with Crippen molar-refractivity contribution in [3.8, 4) is 6.07 Å². The van der Waals surface area contributed by atoms with Crippen molar-refractivity contribution in [2.75, 3.05) is 24.5 Å². The molecule has 5 heteroatoms. The summed E-state index contributed by atoms with van der Waals surface area (Å²) in [5.41, 5.74) is 1.31. The van der Waals surface area contributed by atoms with Crippen molar-refractivity contribution in [2.45, 2.75) is 38.5 Å². The van der Waals surface area contributed by atoms with E-state index in [1.807, 2.05) is 36.4 Å². The lowest BCUT2D eigenvalue weighted by molar-refractivity contribution is -0.117. The van der Waals surface area contributed by atoms with Crippen molar-refractivity contribution < 1.29 is 9.21 Å². The molecule has 0 saturated carbocycles. The van der Waals surface area contributed by atoms with Crippen LogP contribution in [0, 0.1) is 11.3 Å². The number of nitrogens with one attached hydrogen (secondary N) is 1. The van der Waals surface area contributed by atoms with Gasteiger partial charge in [-0.05, 0) is 37.3 Å². The SMILES string of the molecule is N#C/C(=C/c1ccc(N2CCCCCC2)o1)C(=O)NCCCc1ccccc1. The van der Waals surface area contributed by atoms with Crippen LogP contribution in [0.2, 0.25) is 0 Å². The van der Waals surface area contributed by atoms with Gasteiger partial charge in [0, 0.05) is 31.8 Å². The summed E-state index contributed by atoms with van der Waals surface area (Å²) in [5, 5.41) is 12.2. The number of benzene rings is 1. The lowest BCUT2D eigenvalue weighted by Gasteiger charge is -2.18. The fourth-order valence-corrected chi connectivity index (χ4v) is 3.41. The largest absolute Gasteiger partial charge is 0.441 e. The van der Waals surface area contributed by atoms with Gasteiger partial charge in [-0.2, -0.15) is 5.26 Å². The van der Waals surface area contributed by atoms with Gasteiger partial charge in [-0.15, -0.1) is 0 Å². The van der Waals surface area contributed by atoms with Crippen molar-refractivity contribution in [1.29, 1.82) is 5.26 Å². The van der Waals surface area contributed by atoms with Crippen LogP contribution in [0.4, 0.5) is 5.88 Å². The van der Waals surface area contributed by atoms with Crippen LogP contribution in [0.25, 0.3) is 6.08 Å². The zero-order valence-electron chi connectivity index (χ0n) is 16.2. The number of furan rings is 1. The number of anilines is 1. The molecule has 1 saturated heterocycles. The summed E-state index contributed by atoms with van der Waals surface area (Å²) in [5.74, 6) is 0.993. The molecule has 2 aromatic rings. The van der Waals surface area contributed by atoms with Gasteiger partial charge in [-0.1, -0.05) is 43.2 Å². The van der Waals surface area contributed by atoms with Crippen molar-refractivity contribution in [3.63, 3.8) is 0 Å². The molecule has 1 N–H and O–H groups in total. The van der Waals surface area contributed by atoms with E-state index in [1.54, 1.807) is 0 Å². The van der Waals surface area contributed by atoms with Crippen LogP contribution in [-0.2, 0) is 11.2 Å². The Morgan fingerprint density at radius 3 is 2.57 bits per heavy atom. The van der Waals surface area contributed by atoms with Crippen molar-refractivity contribution in [2.24, 2.45) is 0 Å². The Balaban J connectivity index is 1.52. The minimum absolute atomic E-state index is 0.0662. The maximum Gasteiger partial charge on any atom is 0.262 e. The van der Waals surface area contributed by atoms with Crippen LogP contribution in [0.5, 0.6) is 0 Å². The van der Waals surface area contributed by atoms with Crippen molar-refractivity contribution >= 4 is 17.9 Å². The first kappa shape index (κ1) is 19.8. The maximum absolute atomic E-state index is 12.3. The second-order valence-electron chi connectivity index (χ2n) is 7.09. The molecule has 1 fully saturated rings. The van der Waals surface area contributed by atoms with E-state index in [0.717, 1.165) is 31.8 Å². The molecule has 28 heavy (non-hydrogen) atoms. The average molecular weight is 377 g/mol. The molecule has 1 aliphatic rings. The van der Waals surface area contributed by atoms with Gasteiger partial charge in [-0.25, -0.2) is 0 Å². The number of aryl methyl sites for hydroxylation is 1. The monoisotopic (exact) mass is 377 g/mol. The second kappa shape index (κ2) is 10.4. The summed E-state index contributed by atoms with van der Waals surface area (Å²) in [7, 11) is 0. The topological polar surface area (TPSA) is 69.3 Å². The summed E-state index contributed by atoms with van der Waals surface area (Å²) in [6.07, 6.45) is 8.09. The molecule has 0 bridgehead atoms. The number of nitriles is 1. The standard InChI is InChI=1S/C23H27N3O2/c24-18-20(23(27)25-14-8-11-19-9-4-3-5-10-19)17-21-12-13-22(28-21)26-15-6-1-2-7-16-26/h3-5,9-10,12-13,17H,1-2,6-8,11,14-16H2,(H,25,27)/b20-17-. The number of amides is 1. The van der Waals surface area contributed by atoms with E-state index >= 15 is 0 Å². The normalized spacial score (nSPS) is 15.0. The number of carbonyl (C=O) groups excluding carboxylic acids is 1. The van der Waals surface area contributed by atoms with Gasteiger partial charge >= 0.3 is 0 Å². The van der Waals surface area contributed by atoms with Crippen molar-refractivity contribution in [1.82, 2.24) is 5.32 Å². The summed E-state index contributed by atoms with van der Waals surface area (Å²) in [6.45, 7) is 2.51. The quantitative estimate of drug-likeness (QED) is 0.443. The van der Waals surface area contributed by atoms with Crippen LogP contribution >= 0.6 is 0 Å². The summed E-state index contributed by atoms with van der Waals surface area (Å²) in [6, 6.07) is 15.9. The van der Waals surface area contributed by atoms with E-state index in [4.69, 9.17) is 4.42 Å². The van der Waals surface area contributed by atoms with Gasteiger partial charge in [0.15, 0.2) is 5.88 Å². The summed E-state index contributed by atoms with van der Waals surface area (Å²) < 4.78 is 5.86. The van der Waals surface area contributed by atoms with Crippen LogP contribution < -0.4 is 10.2 Å². The lowest BCUT2D eigenvalue weighted by atomic mass is 10.1. The van der Waals surface area contributed by atoms with Gasteiger partial charge in [0.1, 0.15) is 17.4 Å². The van der Waals surface area contributed by atoms with Gasteiger partial charge in [-0.3, -0.25) is 4.79 Å². The smallest absolute Gasteiger partial charge is 0.262 e. The maximum atomic E-state index is 12.3. The number of rotatable bonds is 7. The lowest BCUT2D eigenvalue weighted by Crippen LogP contribution is -2.25. The third kappa shape index (κ3) is 5.75. The first-order valence-electron chi connectivity index (χ1n) is 10.0. The average Bonchev–Trinajstić information content (AvgIpc) is 3.02. The van der Waals surface area contributed by atoms with Gasteiger partial charge in [0.05, 0.1) is 0 Å². The van der Waals surface area contributed by atoms with E-state index in [2.05, 4.69) is 22.3 Å². The third-order valence-electron chi connectivity index (χ3n) is 4.95. The zero-order chi connectivity index (χ0) is 19.6. The highest BCUT2D eigenvalue weighted by Crippen LogP contribution is 2.23. The Morgan fingerprint density at radius 1 is 1.11 bits per heavy atom. The second-order valence-corrected chi connectivity index (χ2v) is 7.09. The number of nitrogens with zero attached hydrogens (tertiary/aromatic N) is 2. The molecule has 1 aromatic heterocycles. The minimum atomic E-state index is -0.358. The molecule has 3 rings (SSSR count). The molecule has 2 heterocycles. The Hall–Kier alpha value is -3.00. The number of carbonyl (C=O) groups is 1. The number of hydrogen-bond donors (Lipinski definition) is 1.